The van der Waals surface area contributed by atoms with Gasteiger partial charge in [-0.05, 0) is 63.9 Å². The lowest BCUT2D eigenvalue weighted by molar-refractivity contribution is 0.0771. The molecule has 0 aliphatic rings. The number of nitrogens with one attached hydrogen (secondary N) is 1. The number of rotatable bonds is 18. The molecular weight excluding hydrogens is 366 g/mol. The Morgan fingerprint density at radius 2 is 1.43 bits per heavy atom. The molecule has 1 aromatic rings. The van der Waals surface area contributed by atoms with Crippen molar-refractivity contribution in [1.82, 2.24) is 5.32 Å². The van der Waals surface area contributed by atoms with E-state index in [0.29, 0.717) is 6.10 Å². The summed E-state index contributed by atoms with van der Waals surface area (Å²) >= 11 is 0. The second-order valence-electron chi connectivity index (χ2n) is 7.65. The van der Waals surface area contributed by atoms with Gasteiger partial charge in [0.25, 0.3) is 0 Å². The molecule has 0 saturated carbocycles. The highest BCUT2D eigenvalue weighted by atomic mass is 28.4. The van der Waals surface area contributed by atoms with E-state index < -0.39 is 8.56 Å². The number of benzene rings is 1. The Labute approximate surface area is 174 Å². The maximum atomic E-state index is 6.54. The highest BCUT2D eigenvalue weighted by Crippen LogP contribution is 2.18. The van der Waals surface area contributed by atoms with Crippen molar-refractivity contribution >= 4 is 13.7 Å². The van der Waals surface area contributed by atoms with Crippen LogP contribution in [0.5, 0.6) is 0 Å². The summed E-state index contributed by atoms with van der Waals surface area (Å²) in [6, 6.07) is 11.7. The van der Waals surface area contributed by atoms with E-state index in [2.05, 4.69) is 63.3 Å². The Morgan fingerprint density at radius 3 is 2.00 bits per heavy atom. The third kappa shape index (κ3) is 10.7. The van der Waals surface area contributed by atoms with Gasteiger partial charge in [-0.15, -0.1) is 0 Å². The van der Waals surface area contributed by atoms with Gasteiger partial charge in [0, 0.05) is 19.8 Å². The van der Waals surface area contributed by atoms with Gasteiger partial charge in [0.05, 0.1) is 6.10 Å². The third-order valence-electron chi connectivity index (χ3n) is 4.69. The van der Waals surface area contributed by atoms with E-state index >= 15 is 0 Å². The van der Waals surface area contributed by atoms with Crippen LogP contribution in [0.2, 0.25) is 6.04 Å². The van der Waals surface area contributed by atoms with Crippen molar-refractivity contribution in [1.29, 1.82) is 0 Å². The standard InChI is InChI=1S/C23H43NO3Si/c1-5-7-19-26-28(27-20-8-6-2,23-14-10-9-11-15-23)21-13-17-24-16-12-18-25-22(3)4/h9-11,14-15,22,24H,5-8,12-13,16-21H2,1-4H3. The predicted molar refractivity (Wildman–Crippen MR) is 122 cm³/mol. The van der Waals surface area contributed by atoms with Gasteiger partial charge in [-0.25, -0.2) is 0 Å². The fraction of sp³-hybridized carbons (Fsp3) is 0.739. The first kappa shape index (κ1) is 25.3. The summed E-state index contributed by atoms with van der Waals surface area (Å²) in [5, 5.41) is 4.82. The van der Waals surface area contributed by atoms with Crippen LogP contribution in [-0.2, 0) is 13.6 Å². The average molecular weight is 410 g/mol. The van der Waals surface area contributed by atoms with Crippen LogP contribution < -0.4 is 10.5 Å². The summed E-state index contributed by atoms with van der Waals surface area (Å²) in [7, 11) is -2.40. The van der Waals surface area contributed by atoms with Crippen molar-refractivity contribution < 1.29 is 13.6 Å². The van der Waals surface area contributed by atoms with Crippen LogP contribution in [-0.4, -0.2) is 47.6 Å². The first-order chi connectivity index (χ1) is 13.6. The fourth-order valence-corrected chi connectivity index (χ4v) is 6.32. The van der Waals surface area contributed by atoms with Gasteiger partial charge in [-0.1, -0.05) is 57.0 Å². The Kier molecular flexibility index (Phi) is 14.6. The molecule has 0 atom stereocenters. The van der Waals surface area contributed by atoms with E-state index in [1.54, 1.807) is 0 Å². The molecule has 0 spiro atoms. The maximum absolute atomic E-state index is 6.54. The minimum Gasteiger partial charge on any atom is -0.391 e. The van der Waals surface area contributed by atoms with E-state index in [9.17, 15) is 0 Å². The van der Waals surface area contributed by atoms with E-state index in [1.807, 2.05) is 0 Å². The summed E-state index contributed by atoms with van der Waals surface area (Å²) in [6.07, 6.45) is 6.92. The quantitative estimate of drug-likeness (QED) is 0.280. The summed E-state index contributed by atoms with van der Waals surface area (Å²) < 4.78 is 18.7. The van der Waals surface area contributed by atoms with Gasteiger partial charge >= 0.3 is 8.56 Å². The highest BCUT2D eigenvalue weighted by molar-refractivity contribution is 6.81. The second-order valence-corrected chi connectivity index (χ2v) is 10.8. The zero-order chi connectivity index (χ0) is 20.5. The number of hydrogen-bond acceptors (Lipinski definition) is 4. The lowest BCUT2D eigenvalue weighted by Gasteiger charge is -2.31. The van der Waals surface area contributed by atoms with Crippen molar-refractivity contribution in [3.63, 3.8) is 0 Å². The second kappa shape index (κ2) is 16.1. The third-order valence-corrected chi connectivity index (χ3v) is 8.25. The SMILES string of the molecule is CCCCO[Si](CCCNCCCOC(C)C)(OCCCC)c1ccccc1. The molecule has 0 aromatic heterocycles. The van der Waals surface area contributed by atoms with Crippen LogP contribution in [0.3, 0.4) is 0 Å². The van der Waals surface area contributed by atoms with Crippen molar-refractivity contribution in [3.8, 4) is 0 Å². The molecule has 0 amide bonds. The molecular formula is C23H43NO3Si. The average Bonchev–Trinajstić information content (AvgIpc) is 2.70. The molecule has 0 aliphatic heterocycles. The summed E-state index contributed by atoms with van der Waals surface area (Å²) in [6.45, 7) is 13.0. The predicted octanol–water partition coefficient (Wildman–Crippen LogP) is 4.76. The lowest BCUT2D eigenvalue weighted by atomic mass is 10.4. The Balaban J connectivity index is 2.59. The first-order valence-corrected chi connectivity index (χ1v) is 13.3. The molecule has 28 heavy (non-hydrogen) atoms. The monoisotopic (exact) mass is 409 g/mol. The van der Waals surface area contributed by atoms with Crippen LogP contribution in [0.4, 0.5) is 0 Å². The largest absolute Gasteiger partial charge is 0.391 e. The van der Waals surface area contributed by atoms with Crippen molar-refractivity contribution in [3.05, 3.63) is 30.3 Å². The molecule has 4 nitrogen and oxygen atoms in total. The number of ether oxygens (including phenoxy) is 1. The van der Waals surface area contributed by atoms with Gasteiger partial charge in [0.15, 0.2) is 0 Å². The van der Waals surface area contributed by atoms with Crippen molar-refractivity contribution in [2.75, 3.05) is 32.9 Å². The van der Waals surface area contributed by atoms with Gasteiger partial charge in [0.1, 0.15) is 0 Å². The number of unbranched alkanes of at least 4 members (excludes halogenated alkanes) is 2. The molecule has 0 unspecified atom stereocenters. The molecule has 0 radical (unpaired) electrons. The van der Waals surface area contributed by atoms with Crippen molar-refractivity contribution in [2.45, 2.75) is 78.4 Å². The zero-order valence-corrected chi connectivity index (χ0v) is 19.7. The fourth-order valence-electron chi connectivity index (χ4n) is 3.04. The molecule has 1 N–H and O–H groups in total. The molecule has 0 heterocycles. The molecule has 162 valence electrons. The molecule has 0 aliphatic carbocycles. The van der Waals surface area contributed by atoms with Crippen LogP contribution in [0.15, 0.2) is 30.3 Å². The molecule has 0 fully saturated rings. The Bertz CT molecular complexity index is 460. The van der Waals surface area contributed by atoms with E-state index in [-0.39, 0.29) is 0 Å². The van der Waals surface area contributed by atoms with Gasteiger partial charge in [-0.2, -0.15) is 0 Å². The van der Waals surface area contributed by atoms with E-state index in [0.717, 1.165) is 77.5 Å². The highest BCUT2D eigenvalue weighted by Gasteiger charge is 2.39. The lowest BCUT2D eigenvalue weighted by Crippen LogP contribution is -2.54. The van der Waals surface area contributed by atoms with Crippen LogP contribution in [0.1, 0.15) is 66.2 Å². The van der Waals surface area contributed by atoms with Crippen LogP contribution in [0.25, 0.3) is 0 Å². The normalized spacial score (nSPS) is 12.0. The smallest absolute Gasteiger partial charge is 0.372 e. The Morgan fingerprint density at radius 1 is 0.821 bits per heavy atom. The summed E-state index contributed by atoms with van der Waals surface area (Å²) in [5.74, 6) is 0. The molecule has 5 heteroatoms. The molecule has 1 aromatic carbocycles. The van der Waals surface area contributed by atoms with E-state index in [1.165, 1.54) is 5.19 Å². The van der Waals surface area contributed by atoms with E-state index in [4.69, 9.17) is 13.6 Å². The number of hydrogen-bond donors (Lipinski definition) is 1. The first-order valence-electron chi connectivity index (χ1n) is 11.3. The summed E-state index contributed by atoms with van der Waals surface area (Å²) in [5.41, 5.74) is 0. The summed E-state index contributed by atoms with van der Waals surface area (Å²) in [4.78, 5) is 0. The van der Waals surface area contributed by atoms with Gasteiger partial charge < -0.3 is 18.9 Å². The molecule has 0 bridgehead atoms. The Hall–Kier alpha value is -0.723. The zero-order valence-electron chi connectivity index (χ0n) is 18.7. The van der Waals surface area contributed by atoms with Crippen LogP contribution >= 0.6 is 0 Å². The molecule has 1 rings (SSSR count). The van der Waals surface area contributed by atoms with Gasteiger partial charge in [0.2, 0.25) is 0 Å². The minimum absolute atomic E-state index is 0.318. The van der Waals surface area contributed by atoms with Crippen LogP contribution in [0, 0.1) is 0 Å². The molecule has 0 saturated heterocycles. The maximum Gasteiger partial charge on any atom is 0.372 e. The van der Waals surface area contributed by atoms with Crippen molar-refractivity contribution in [2.24, 2.45) is 0 Å². The topological polar surface area (TPSA) is 39.7 Å². The minimum atomic E-state index is -2.40. The van der Waals surface area contributed by atoms with Gasteiger partial charge in [-0.3, -0.25) is 0 Å².